The molecule has 4 rings (SSSR count). The molecule has 36 heavy (non-hydrogen) atoms. The minimum Gasteiger partial charge on any atom is -0.495 e. The number of rotatable bonds is 7. The van der Waals surface area contributed by atoms with Crippen molar-refractivity contribution in [1.82, 2.24) is 15.3 Å². The van der Waals surface area contributed by atoms with E-state index in [0.29, 0.717) is 43.6 Å². The Hall–Kier alpha value is -3.08. The topological polar surface area (TPSA) is 120 Å². The molecule has 0 radical (unpaired) electrons. The molecular weight excluding hydrogens is 527 g/mol. The highest BCUT2D eigenvalue weighted by molar-refractivity contribution is 7.91. The van der Waals surface area contributed by atoms with Gasteiger partial charge in [-0.05, 0) is 30.2 Å². The van der Waals surface area contributed by atoms with Crippen LogP contribution in [0.1, 0.15) is 6.42 Å². The SMILES string of the molecule is C=CC(=O)NC1CCS(=O)(=O)CC1Nc1ncc2cc(-c3c(Cl)c(OC)cc(OC)c3Cl)ccc2n1. The minimum absolute atomic E-state index is 0.00516. The fourth-order valence-electron chi connectivity index (χ4n) is 4.10. The molecule has 2 aromatic carbocycles. The molecule has 3 aromatic rings. The molecule has 1 saturated heterocycles. The maximum absolute atomic E-state index is 12.2. The summed E-state index contributed by atoms with van der Waals surface area (Å²) >= 11 is 13.1. The van der Waals surface area contributed by atoms with Gasteiger partial charge in [0.05, 0.1) is 53.4 Å². The molecule has 2 unspecified atom stereocenters. The van der Waals surface area contributed by atoms with Gasteiger partial charge in [0.1, 0.15) is 11.5 Å². The number of amides is 1. The molecule has 0 saturated carbocycles. The van der Waals surface area contributed by atoms with Crippen LogP contribution < -0.4 is 20.1 Å². The summed E-state index contributed by atoms with van der Waals surface area (Å²) in [5.41, 5.74) is 1.88. The summed E-state index contributed by atoms with van der Waals surface area (Å²) in [7, 11) is -0.255. The number of carbonyl (C=O) groups is 1. The highest BCUT2D eigenvalue weighted by atomic mass is 35.5. The predicted molar refractivity (Wildman–Crippen MR) is 141 cm³/mol. The summed E-state index contributed by atoms with van der Waals surface area (Å²) in [4.78, 5) is 20.7. The lowest BCUT2D eigenvalue weighted by molar-refractivity contribution is -0.117. The third-order valence-electron chi connectivity index (χ3n) is 5.93. The number of anilines is 1. The standard InChI is InChI=1S/C24H24Cl2N4O5S/c1-4-20(31)28-16-7-8-36(32,33)12-17(16)30-24-27-11-14-9-13(5-6-15(14)29-24)21-22(25)18(34-2)10-19(35-3)23(21)26/h4-6,9-11,16-17H,1,7-8,12H2,2-3H3,(H,28,31)(H,27,29,30). The van der Waals surface area contributed by atoms with E-state index < -0.39 is 21.9 Å². The first kappa shape index (κ1) is 26.0. The zero-order valence-corrected chi connectivity index (χ0v) is 21.9. The molecule has 190 valence electrons. The number of ether oxygens (including phenoxy) is 2. The van der Waals surface area contributed by atoms with E-state index in [2.05, 4.69) is 27.2 Å². The van der Waals surface area contributed by atoms with Crippen LogP contribution in [0.2, 0.25) is 10.0 Å². The van der Waals surface area contributed by atoms with E-state index in [9.17, 15) is 13.2 Å². The van der Waals surface area contributed by atoms with E-state index in [0.717, 1.165) is 6.08 Å². The maximum Gasteiger partial charge on any atom is 0.243 e. The zero-order chi connectivity index (χ0) is 26.0. The molecule has 2 N–H and O–H groups in total. The molecule has 2 atom stereocenters. The third-order valence-corrected chi connectivity index (χ3v) is 8.40. The molecule has 1 aliphatic heterocycles. The van der Waals surface area contributed by atoms with Crippen molar-refractivity contribution in [2.24, 2.45) is 0 Å². The number of nitrogens with one attached hydrogen (secondary N) is 2. The number of aromatic nitrogens is 2. The zero-order valence-electron chi connectivity index (χ0n) is 19.5. The van der Waals surface area contributed by atoms with Crippen LogP contribution in [-0.4, -0.2) is 62.1 Å². The van der Waals surface area contributed by atoms with Gasteiger partial charge >= 0.3 is 0 Å². The first-order valence-electron chi connectivity index (χ1n) is 10.9. The molecule has 0 aliphatic carbocycles. The van der Waals surface area contributed by atoms with Crippen molar-refractivity contribution in [2.45, 2.75) is 18.5 Å². The fourth-order valence-corrected chi connectivity index (χ4v) is 6.46. The Morgan fingerprint density at radius 2 is 1.83 bits per heavy atom. The Kier molecular flexibility index (Phi) is 7.58. The van der Waals surface area contributed by atoms with Crippen LogP contribution in [0.25, 0.3) is 22.0 Å². The number of nitrogens with zero attached hydrogens (tertiary/aromatic N) is 2. The van der Waals surface area contributed by atoms with Crippen LogP contribution in [0.3, 0.4) is 0 Å². The highest BCUT2D eigenvalue weighted by Gasteiger charge is 2.34. The number of methoxy groups -OCH3 is 2. The van der Waals surface area contributed by atoms with Gasteiger partial charge < -0.3 is 20.1 Å². The van der Waals surface area contributed by atoms with E-state index in [-0.39, 0.29) is 29.8 Å². The van der Waals surface area contributed by atoms with Gasteiger partial charge in [-0.3, -0.25) is 4.79 Å². The van der Waals surface area contributed by atoms with E-state index in [1.165, 1.54) is 14.2 Å². The number of benzene rings is 2. The van der Waals surface area contributed by atoms with Crippen LogP contribution >= 0.6 is 23.2 Å². The molecule has 2 heterocycles. The smallest absolute Gasteiger partial charge is 0.243 e. The van der Waals surface area contributed by atoms with Crippen molar-refractivity contribution in [3.05, 3.63) is 53.2 Å². The minimum atomic E-state index is -3.27. The molecule has 0 bridgehead atoms. The van der Waals surface area contributed by atoms with Crippen molar-refractivity contribution < 1.29 is 22.7 Å². The van der Waals surface area contributed by atoms with E-state index in [4.69, 9.17) is 32.7 Å². The van der Waals surface area contributed by atoms with Gasteiger partial charge in [0.25, 0.3) is 0 Å². The van der Waals surface area contributed by atoms with Crippen molar-refractivity contribution in [2.75, 3.05) is 31.0 Å². The van der Waals surface area contributed by atoms with Gasteiger partial charge in [0, 0.05) is 23.2 Å². The lowest BCUT2D eigenvalue weighted by Crippen LogP contribution is -2.53. The lowest BCUT2D eigenvalue weighted by Gasteiger charge is -2.32. The van der Waals surface area contributed by atoms with Crippen molar-refractivity contribution in [3.8, 4) is 22.6 Å². The van der Waals surface area contributed by atoms with Gasteiger partial charge in [-0.1, -0.05) is 35.8 Å². The molecule has 1 aromatic heterocycles. The molecule has 0 spiro atoms. The monoisotopic (exact) mass is 550 g/mol. The summed E-state index contributed by atoms with van der Waals surface area (Å²) in [6.07, 6.45) is 3.05. The number of carbonyl (C=O) groups excluding carboxylic acids is 1. The van der Waals surface area contributed by atoms with E-state index in [1.54, 1.807) is 18.3 Å². The summed E-state index contributed by atoms with van der Waals surface area (Å²) in [6, 6.07) is 6.04. The number of hydrogen-bond donors (Lipinski definition) is 2. The van der Waals surface area contributed by atoms with Crippen LogP contribution in [0.4, 0.5) is 5.95 Å². The summed E-state index contributed by atoms with van der Waals surface area (Å²) in [5.74, 6) is 0.561. The molecule has 1 fully saturated rings. The largest absolute Gasteiger partial charge is 0.495 e. The van der Waals surface area contributed by atoms with E-state index in [1.807, 2.05) is 12.1 Å². The van der Waals surface area contributed by atoms with Crippen LogP contribution in [0.15, 0.2) is 43.1 Å². The second-order valence-electron chi connectivity index (χ2n) is 8.22. The maximum atomic E-state index is 12.2. The second kappa shape index (κ2) is 10.5. The number of sulfone groups is 1. The second-order valence-corrected chi connectivity index (χ2v) is 11.2. The van der Waals surface area contributed by atoms with Gasteiger partial charge in [-0.2, -0.15) is 0 Å². The summed E-state index contributed by atoms with van der Waals surface area (Å²) in [6.45, 7) is 3.45. The Morgan fingerprint density at radius 1 is 1.14 bits per heavy atom. The number of hydrogen-bond acceptors (Lipinski definition) is 8. The van der Waals surface area contributed by atoms with E-state index >= 15 is 0 Å². The van der Waals surface area contributed by atoms with Gasteiger partial charge in [-0.25, -0.2) is 18.4 Å². The van der Waals surface area contributed by atoms with Crippen LogP contribution in [-0.2, 0) is 14.6 Å². The van der Waals surface area contributed by atoms with Crippen molar-refractivity contribution in [1.29, 1.82) is 0 Å². The quantitative estimate of drug-likeness (QED) is 0.425. The molecule has 9 nitrogen and oxygen atoms in total. The average molecular weight is 551 g/mol. The third kappa shape index (κ3) is 5.35. The van der Waals surface area contributed by atoms with Crippen LogP contribution in [0, 0.1) is 0 Å². The van der Waals surface area contributed by atoms with Gasteiger partial charge in [-0.15, -0.1) is 0 Å². The Bertz CT molecular complexity index is 1420. The molecule has 1 aliphatic rings. The predicted octanol–water partition coefficient (Wildman–Crippen LogP) is 3.89. The van der Waals surface area contributed by atoms with Crippen molar-refractivity contribution in [3.63, 3.8) is 0 Å². The lowest BCUT2D eigenvalue weighted by atomic mass is 10.0. The van der Waals surface area contributed by atoms with Gasteiger partial charge in [0.2, 0.25) is 11.9 Å². The Morgan fingerprint density at radius 3 is 2.47 bits per heavy atom. The van der Waals surface area contributed by atoms with Gasteiger partial charge in [0.15, 0.2) is 9.84 Å². The molecule has 1 amide bonds. The summed E-state index contributed by atoms with van der Waals surface area (Å²) in [5, 5.41) is 7.25. The Balaban J connectivity index is 1.66. The fraction of sp³-hybridized carbons (Fsp3) is 0.292. The van der Waals surface area contributed by atoms with Crippen LogP contribution in [0.5, 0.6) is 11.5 Å². The number of fused-ring (bicyclic) bond motifs is 1. The average Bonchev–Trinajstić information content (AvgIpc) is 2.85. The highest BCUT2D eigenvalue weighted by Crippen LogP contribution is 2.46. The number of halogens is 2. The molecular formula is C24H24Cl2N4O5S. The Labute approximate surface area is 218 Å². The first-order chi connectivity index (χ1) is 17.2. The molecule has 12 heteroatoms. The summed E-state index contributed by atoms with van der Waals surface area (Å²) < 4.78 is 35.2. The van der Waals surface area contributed by atoms with Crippen molar-refractivity contribution >= 4 is 55.8 Å². The first-order valence-corrected chi connectivity index (χ1v) is 13.5. The normalized spacial score (nSPS) is 18.9.